The molecule has 66 heavy (non-hydrogen) atoms. The van der Waals surface area contributed by atoms with Crippen LogP contribution in [0.25, 0.3) is 33.0 Å². The third-order valence-corrected chi connectivity index (χ3v) is 14.2. The van der Waals surface area contributed by atoms with Crippen molar-refractivity contribution in [3.8, 4) is 0 Å². The number of aryl methyl sites for hydroxylation is 1. The van der Waals surface area contributed by atoms with Gasteiger partial charge in [0.1, 0.15) is 36.3 Å². The lowest BCUT2D eigenvalue weighted by atomic mass is 9.87. The molecular weight excluding hydrogens is 953 g/mol. The summed E-state index contributed by atoms with van der Waals surface area (Å²) in [6.45, 7) is 1.14. The quantitative estimate of drug-likeness (QED) is 0.0335. The average Bonchev–Trinajstić information content (AvgIpc) is 3.92. The van der Waals surface area contributed by atoms with Crippen molar-refractivity contribution < 1.29 is 80.5 Å². The smallest absolute Gasteiger partial charge is 0.386 e. The maximum absolute atomic E-state index is 12.8. The second-order valence-electron chi connectivity index (χ2n) is 15.6. The van der Waals surface area contributed by atoms with Crippen molar-refractivity contribution >= 4 is 90.9 Å². The molecule has 1 fully saturated rings. The second kappa shape index (κ2) is 21.4. The van der Waals surface area contributed by atoms with E-state index in [0.29, 0.717) is 25.1 Å². The van der Waals surface area contributed by atoms with Gasteiger partial charge in [0.15, 0.2) is 22.8 Å². The molecule has 0 saturated carbocycles. The molecule has 2 amide bonds. The Kier molecular flexibility index (Phi) is 16.6. The number of aliphatic hydroxyl groups excluding tert-OH is 2. The van der Waals surface area contributed by atoms with Gasteiger partial charge in [0.2, 0.25) is 11.8 Å². The molecule has 3 aromatic heterocycles. The van der Waals surface area contributed by atoms with Gasteiger partial charge in [0.05, 0.1) is 19.5 Å². The van der Waals surface area contributed by atoms with Gasteiger partial charge >= 0.3 is 23.5 Å². The van der Waals surface area contributed by atoms with E-state index in [2.05, 4.69) is 63.3 Å². The minimum Gasteiger partial charge on any atom is -0.386 e. The number of anilines is 1. The van der Waals surface area contributed by atoms with Crippen LogP contribution >= 0.6 is 35.2 Å². The number of ether oxygens (including phenoxy) is 1. The number of nitrogens with one attached hydrogen (secondary N) is 2. The Morgan fingerprint density at radius 1 is 0.924 bits per heavy atom. The van der Waals surface area contributed by atoms with Crippen LogP contribution in [0.3, 0.4) is 0 Å². The standard InChI is InChI=1S/C37H49N8O17P3S/c1-37(2,32(49)35(50)40-14-13-27(46)39-15-17-66-28(47)12-7-16-44-24-10-5-3-8-22(24)23-9-4-6-11-25(23)44)19-59-65(56,57)62-64(54,55)58-18-26-31(61-63(51,52)53)30(48)36(60-26)45-21-43-29-33(38)41-20-42-34(29)45/h3-6,8-11,20-21,26,30-32,36,48-49H,7,12-19H2,1-2H3,(H,39,46)(H,40,50)(H,54,55)(H,56,57)(H2,38,41,42)(H2,51,52,53). The van der Waals surface area contributed by atoms with Crippen LogP contribution in [-0.4, -0.2) is 127 Å². The van der Waals surface area contributed by atoms with E-state index in [-0.39, 0.29) is 41.6 Å². The highest BCUT2D eigenvalue weighted by Gasteiger charge is 2.50. The van der Waals surface area contributed by atoms with Crippen molar-refractivity contribution in [3.63, 3.8) is 0 Å². The highest BCUT2D eigenvalue weighted by atomic mass is 32.2. The summed E-state index contributed by atoms with van der Waals surface area (Å²) in [5.41, 5.74) is 6.47. The number of para-hydroxylation sites is 2. The number of benzene rings is 2. The lowest BCUT2D eigenvalue weighted by Gasteiger charge is -2.30. The summed E-state index contributed by atoms with van der Waals surface area (Å²) in [7, 11) is -16.4. The van der Waals surface area contributed by atoms with Crippen LogP contribution < -0.4 is 16.4 Å². The molecule has 0 bridgehead atoms. The monoisotopic (exact) mass is 1000 g/mol. The molecule has 0 aliphatic carbocycles. The van der Waals surface area contributed by atoms with Gasteiger partial charge in [-0.2, -0.15) is 4.31 Å². The minimum atomic E-state index is -5.59. The van der Waals surface area contributed by atoms with E-state index >= 15 is 0 Å². The fraction of sp³-hybridized carbons (Fsp3) is 0.459. The molecule has 360 valence electrons. The van der Waals surface area contributed by atoms with Crippen molar-refractivity contribution in [2.45, 2.75) is 70.3 Å². The number of carbonyl (C=O) groups excluding carboxylic acids is 3. The summed E-state index contributed by atoms with van der Waals surface area (Å²) in [5.74, 6) is -1.12. The molecule has 25 nitrogen and oxygen atoms in total. The third kappa shape index (κ3) is 13.1. The summed E-state index contributed by atoms with van der Waals surface area (Å²) >= 11 is 1.11. The molecule has 10 N–H and O–H groups in total. The number of carbonyl (C=O) groups is 3. The van der Waals surface area contributed by atoms with E-state index in [0.717, 1.165) is 50.8 Å². The number of aliphatic hydroxyl groups is 2. The number of nitrogen functional groups attached to an aromatic ring is 1. The first-order chi connectivity index (χ1) is 31.1. The van der Waals surface area contributed by atoms with Gasteiger partial charge in [0.25, 0.3) is 0 Å². The number of amides is 2. The largest absolute Gasteiger partial charge is 0.481 e. The van der Waals surface area contributed by atoms with Gasteiger partial charge in [-0.1, -0.05) is 62.0 Å². The van der Waals surface area contributed by atoms with Crippen LogP contribution in [-0.2, 0) is 57.2 Å². The summed E-state index contributed by atoms with van der Waals surface area (Å²) in [4.78, 5) is 88.8. The fourth-order valence-electron chi connectivity index (χ4n) is 6.99. The molecule has 5 aromatic rings. The third-order valence-electron chi connectivity index (χ3n) is 10.2. The van der Waals surface area contributed by atoms with Crippen molar-refractivity contribution in [3.05, 3.63) is 61.2 Å². The summed E-state index contributed by atoms with van der Waals surface area (Å²) < 4.78 is 64.7. The zero-order valence-electron chi connectivity index (χ0n) is 35.3. The fourth-order valence-corrected chi connectivity index (χ4v) is 10.5. The molecule has 1 saturated heterocycles. The minimum absolute atomic E-state index is 0.0121. The Balaban J connectivity index is 0.885. The molecule has 1 aliphatic heterocycles. The Labute approximate surface area is 379 Å². The van der Waals surface area contributed by atoms with Crippen molar-refractivity contribution in [1.82, 2.24) is 34.7 Å². The number of aromatic nitrogens is 5. The average molecular weight is 1000 g/mol. The normalized spacial score (nSPS) is 20.3. The number of nitrogens with two attached hydrogens (primary N) is 1. The van der Waals surface area contributed by atoms with E-state index in [9.17, 15) is 57.9 Å². The van der Waals surface area contributed by atoms with Gasteiger partial charge in [-0.15, -0.1) is 0 Å². The number of phosphoric ester groups is 3. The lowest BCUT2D eigenvalue weighted by Crippen LogP contribution is -2.46. The first-order valence-corrected chi connectivity index (χ1v) is 25.6. The Morgan fingerprint density at radius 3 is 2.24 bits per heavy atom. The van der Waals surface area contributed by atoms with Crippen molar-refractivity contribution in [1.29, 1.82) is 0 Å². The van der Waals surface area contributed by atoms with Gasteiger partial charge in [-0.25, -0.2) is 28.6 Å². The number of fused-ring (bicyclic) bond motifs is 4. The first-order valence-electron chi connectivity index (χ1n) is 20.1. The zero-order chi connectivity index (χ0) is 48.0. The highest BCUT2D eigenvalue weighted by Crippen LogP contribution is 2.61. The Morgan fingerprint density at radius 2 is 1.58 bits per heavy atom. The molecule has 2 aromatic carbocycles. The van der Waals surface area contributed by atoms with Crippen LogP contribution in [0.4, 0.5) is 5.82 Å². The van der Waals surface area contributed by atoms with Crippen LogP contribution in [0.2, 0.25) is 0 Å². The van der Waals surface area contributed by atoms with Crippen LogP contribution in [0.15, 0.2) is 61.2 Å². The first kappa shape index (κ1) is 51.2. The molecule has 4 heterocycles. The van der Waals surface area contributed by atoms with E-state index in [1.807, 2.05) is 24.3 Å². The van der Waals surface area contributed by atoms with Crippen molar-refractivity contribution in [2.24, 2.45) is 5.41 Å². The number of phosphoric acid groups is 3. The topological polar surface area (TPSA) is 369 Å². The Bertz CT molecular complexity index is 2650. The Hall–Kier alpha value is -4.20. The molecule has 1 aliphatic rings. The second-order valence-corrected chi connectivity index (χ2v) is 21.0. The number of nitrogens with zero attached hydrogens (tertiary/aromatic N) is 5. The highest BCUT2D eigenvalue weighted by molar-refractivity contribution is 8.13. The molecular formula is C37H49N8O17P3S. The van der Waals surface area contributed by atoms with E-state index in [1.165, 1.54) is 13.8 Å². The maximum Gasteiger partial charge on any atom is 0.481 e. The van der Waals surface area contributed by atoms with Crippen LogP contribution in [0, 0.1) is 5.41 Å². The van der Waals surface area contributed by atoms with Gasteiger partial charge < -0.3 is 55.5 Å². The number of hydrogen-bond donors (Lipinski definition) is 9. The van der Waals surface area contributed by atoms with Crippen LogP contribution in [0.5, 0.6) is 0 Å². The van der Waals surface area contributed by atoms with Gasteiger partial charge in [-0.3, -0.25) is 32.5 Å². The molecule has 29 heteroatoms. The van der Waals surface area contributed by atoms with Crippen molar-refractivity contribution in [2.75, 3.05) is 37.8 Å². The number of rotatable bonds is 23. The molecule has 6 rings (SSSR count). The van der Waals surface area contributed by atoms with E-state index in [4.69, 9.17) is 19.5 Å². The SMILES string of the molecule is CC(C)(COP(=O)(O)OP(=O)(O)OCC1OC(n2cnc3c(N)ncnc32)C(O)C1OP(=O)(O)O)C(O)C(=O)NCCC(=O)NCCSC(=O)CCCn1c2ccccc2c2ccccc21. The summed E-state index contributed by atoms with van der Waals surface area (Å²) in [6, 6.07) is 16.2. The van der Waals surface area contributed by atoms with Crippen LogP contribution in [0.1, 0.15) is 39.3 Å². The zero-order valence-corrected chi connectivity index (χ0v) is 38.8. The lowest BCUT2D eigenvalue weighted by molar-refractivity contribution is -0.137. The summed E-state index contributed by atoms with van der Waals surface area (Å²) in [6.07, 6.45) is -5.97. The van der Waals surface area contributed by atoms with E-state index in [1.54, 1.807) is 0 Å². The van der Waals surface area contributed by atoms with Gasteiger partial charge in [-0.05, 0) is 18.6 Å². The predicted molar refractivity (Wildman–Crippen MR) is 236 cm³/mol. The number of hydrogen-bond acceptors (Lipinski definition) is 18. The molecule has 7 atom stereocenters. The summed E-state index contributed by atoms with van der Waals surface area (Å²) in [5, 5.41) is 28.9. The predicted octanol–water partition coefficient (Wildman–Crippen LogP) is 2.25. The number of imidazole rings is 1. The molecule has 0 radical (unpaired) electrons. The number of thioether (sulfide) groups is 1. The van der Waals surface area contributed by atoms with Gasteiger partial charge in [0, 0.05) is 65.4 Å². The van der Waals surface area contributed by atoms with E-state index < -0.39 is 84.6 Å². The molecule has 7 unspecified atom stereocenters. The molecule has 0 spiro atoms. The maximum atomic E-state index is 12.8.